The fourth-order valence-corrected chi connectivity index (χ4v) is 6.68. The molecule has 0 aromatic heterocycles. The summed E-state index contributed by atoms with van der Waals surface area (Å²) in [5.41, 5.74) is 0.902. The minimum atomic E-state index is -0.366. The highest BCUT2D eigenvalue weighted by atomic mass is 16.5. The van der Waals surface area contributed by atoms with Crippen LogP contribution in [0.25, 0.3) is 0 Å². The fourth-order valence-electron chi connectivity index (χ4n) is 6.68. The number of esters is 1. The molecule has 1 aliphatic heterocycles. The highest BCUT2D eigenvalue weighted by molar-refractivity contribution is 6.05. The summed E-state index contributed by atoms with van der Waals surface area (Å²) < 4.78 is 5.64. The van der Waals surface area contributed by atoms with Gasteiger partial charge in [-0.1, -0.05) is 12.1 Å². The van der Waals surface area contributed by atoms with Gasteiger partial charge in [-0.25, -0.2) is 0 Å². The molecular weight excluding hydrogens is 368 g/mol. The molecular formula is C23H28N2O4. The van der Waals surface area contributed by atoms with Gasteiger partial charge >= 0.3 is 5.97 Å². The highest BCUT2D eigenvalue weighted by Gasteiger charge is 2.55. The molecule has 6 rings (SSSR count). The third kappa shape index (κ3) is 3.22. The Kier molecular flexibility index (Phi) is 4.41. The van der Waals surface area contributed by atoms with E-state index in [1.807, 2.05) is 25.1 Å². The van der Waals surface area contributed by atoms with E-state index in [1.165, 1.54) is 19.3 Å². The zero-order valence-electron chi connectivity index (χ0n) is 16.9. The number of nitrogens with one attached hydrogen (secondary N) is 1. The number of amides is 2. The number of anilines is 2. The lowest BCUT2D eigenvalue weighted by Gasteiger charge is -2.55. The van der Waals surface area contributed by atoms with E-state index in [2.05, 4.69) is 5.32 Å². The summed E-state index contributed by atoms with van der Waals surface area (Å²) in [6.45, 7) is 1.58. The Labute approximate surface area is 171 Å². The van der Waals surface area contributed by atoms with E-state index in [-0.39, 0.29) is 42.3 Å². The van der Waals surface area contributed by atoms with Gasteiger partial charge in [0.05, 0.1) is 16.8 Å². The maximum atomic E-state index is 13.1. The predicted molar refractivity (Wildman–Crippen MR) is 108 cm³/mol. The van der Waals surface area contributed by atoms with Crippen LogP contribution in [0.1, 0.15) is 51.9 Å². The van der Waals surface area contributed by atoms with Gasteiger partial charge in [0.1, 0.15) is 0 Å². The van der Waals surface area contributed by atoms with Crippen molar-refractivity contribution in [3.8, 4) is 0 Å². The minimum absolute atomic E-state index is 0.120. The van der Waals surface area contributed by atoms with Crippen molar-refractivity contribution in [1.29, 1.82) is 0 Å². The van der Waals surface area contributed by atoms with Crippen molar-refractivity contribution < 1.29 is 19.1 Å². The molecule has 1 atom stereocenters. The maximum absolute atomic E-state index is 13.1. The number of fused-ring (bicyclic) bond motifs is 1. The van der Waals surface area contributed by atoms with Gasteiger partial charge in [-0.2, -0.15) is 0 Å². The van der Waals surface area contributed by atoms with Gasteiger partial charge in [0.2, 0.25) is 5.91 Å². The van der Waals surface area contributed by atoms with Crippen LogP contribution in [-0.4, -0.2) is 30.4 Å². The first-order valence-corrected chi connectivity index (χ1v) is 10.8. The Morgan fingerprint density at radius 1 is 1.10 bits per heavy atom. The average molecular weight is 396 g/mol. The predicted octanol–water partition coefficient (Wildman–Crippen LogP) is 3.51. The standard InChI is InChI=1S/C23H28N2O4/c1-14-6-20(26)24-18-4-2-3-5-19(18)25(14)21(27)13-29-22(28)23-10-15-7-16(11-23)9-17(8-15)12-23/h2-5,14-17H,6-13H2,1H3,(H,24,26)/t14-,15?,16?,17?,23?/m0/s1. The van der Waals surface area contributed by atoms with Crippen molar-refractivity contribution >= 4 is 29.2 Å². The summed E-state index contributed by atoms with van der Waals surface area (Å²) in [4.78, 5) is 39.9. The van der Waals surface area contributed by atoms with Crippen molar-refractivity contribution in [3.63, 3.8) is 0 Å². The van der Waals surface area contributed by atoms with E-state index in [9.17, 15) is 14.4 Å². The minimum Gasteiger partial charge on any atom is -0.455 e. The van der Waals surface area contributed by atoms with E-state index in [0.29, 0.717) is 29.1 Å². The lowest BCUT2D eigenvalue weighted by Crippen LogP contribution is -2.51. The first kappa shape index (κ1) is 18.6. The number of nitrogens with zero attached hydrogens (tertiary/aromatic N) is 1. The van der Waals surface area contributed by atoms with Crippen LogP contribution in [0.4, 0.5) is 11.4 Å². The number of benzene rings is 1. The van der Waals surface area contributed by atoms with Crippen LogP contribution in [0.15, 0.2) is 24.3 Å². The Morgan fingerprint density at radius 3 is 2.38 bits per heavy atom. The van der Waals surface area contributed by atoms with Gasteiger partial charge in [0.25, 0.3) is 5.91 Å². The van der Waals surface area contributed by atoms with E-state index in [1.54, 1.807) is 11.0 Å². The molecule has 4 fully saturated rings. The van der Waals surface area contributed by atoms with Crippen LogP contribution in [-0.2, 0) is 19.1 Å². The van der Waals surface area contributed by atoms with Crippen molar-refractivity contribution in [1.82, 2.24) is 0 Å². The van der Waals surface area contributed by atoms with E-state index in [0.717, 1.165) is 19.3 Å². The molecule has 154 valence electrons. The van der Waals surface area contributed by atoms with Gasteiger partial charge in [-0.05, 0) is 75.3 Å². The number of ether oxygens (including phenoxy) is 1. The van der Waals surface area contributed by atoms with Crippen LogP contribution in [0.2, 0.25) is 0 Å². The van der Waals surface area contributed by atoms with E-state index in [4.69, 9.17) is 4.74 Å². The summed E-state index contributed by atoms with van der Waals surface area (Å²) in [6, 6.07) is 6.96. The number of para-hydroxylation sites is 2. The first-order chi connectivity index (χ1) is 13.9. The van der Waals surface area contributed by atoms with Crippen LogP contribution in [0, 0.1) is 23.2 Å². The van der Waals surface area contributed by atoms with Crippen molar-refractivity contribution in [3.05, 3.63) is 24.3 Å². The molecule has 6 heteroatoms. The molecule has 1 aromatic rings. The first-order valence-electron chi connectivity index (χ1n) is 10.8. The number of carbonyl (C=O) groups excluding carboxylic acids is 3. The molecule has 0 spiro atoms. The molecule has 29 heavy (non-hydrogen) atoms. The van der Waals surface area contributed by atoms with Gasteiger partial charge in [0.15, 0.2) is 6.61 Å². The van der Waals surface area contributed by atoms with Gasteiger partial charge in [0, 0.05) is 12.5 Å². The third-order valence-corrected chi connectivity index (χ3v) is 7.43. The molecule has 0 radical (unpaired) electrons. The second-order valence-corrected chi connectivity index (χ2v) is 9.66. The second-order valence-electron chi connectivity index (χ2n) is 9.66. The normalized spacial score (nSPS) is 34.9. The monoisotopic (exact) mass is 396 g/mol. The summed E-state index contributed by atoms with van der Waals surface area (Å²) in [5, 5.41) is 2.85. The molecule has 0 unspecified atom stereocenters. The summed E-state index contributed by atoms with van der Waals surface area (Å²) in [5.74, 6) is 1.37. The Morgan fingerprint density at radius 2 is 1.72 bits per heavy atom. The lowest BCUT2D eigenvalue weighted by molar-refractivity contribution is -0.173. The topological polar surface area (TPSA) is 75.7 Å². The lowest BCUT2D eigenvalue weighted by atomic mass is 9.49. The van der Waals surface area contributed by atoms with Gasteiger partial charge in [-0.15, -0.1) is 0 Å². The molecule has 1 heterocycles. The van der Waals surface area contributed by atoms with Gasteiger partial charge in [-0.3, -0.25) is 14.4 Å². The zero-order chi connectivity index (χ0) is 20.2. The molecule has 4 aliphatic carbocycles. The highest BCUT2D eigenvalue weighted by Crippen LogP contribution is 2.60. The molecule has 4 bridgehead atoms. The van der Waals surface area contributed by atoms with Crippen LogP contribution < -0.4 is 10.2 Å². The summed E-state index contributed by atoms with van der Waals surface area (Å²) in [7, 11) is 0. The Hall–Kier alpha value is -2.37. The zero-order valence-corrected chi connectivity index (χ0v) is 16.9. The molecule has 1 N–H and O–H groups in total. The third-order valence-electron chi connectivity index (χ3n) is 7.43. The summed E-state index contributed by atoms with van der Waals surface area (Å²) in [6.07, 6.45) is 6.76. The second kappa shape index (κ2) is 6.85. The fraction of sp³-hybridized carbons (Fsp3) is 0.609. The van der Waals surface area contributed by atoms with Crippen molar-refractivity contribution in [2.45, 2.75) is 57.9 Å². The van der Waals surface area contributed by atoms with Gasteiger partial charge < -0.3 is 15.0 Å². The molecule has 1 aromatic carbocycles. The molecule has 2 amide bonds. The van der Waals surface area contributed by atoms with E-state index >= 15 is 0 Å². The van der Waals surface area contributed by atoms with Crippen LogP contribution >= 0.6 is 0 Å². The number of hydrogen-bond donors (Lipinski definition) is 1. The summed E-state index contributed by atoms with van der Waals surface area (Å²) >= 11 is 0. The number of carbonyl (C=O) groups is 3. The quantitative estimate of drug-likeness (QED) is 0.794. The average Bonchev–Trinajstić information content (AvgIpc) is 2.79. The van der Waals surface area contributed by atoms with Crippen LogP contribution in [0.3, 0.4) is 0 Å². The Bertz CT molecular complexity index is 829. The van der Waals surface area contributed by atoms with E-state index < -0.39 is 0 Å². The van der Waals surface area contributed by atoms with Crippen molar-refractivity contribution in [2.24, 2.45) is 23.2 Å². The molecule has 4 saturated carbocycles. The van der Waals surface area contributed by atoms with Crippen molar-refractivity contribution in [2.75, 3.05) is 16.8 Å². The SMILES string of the molecule is C[C@H]1CC(=O)Nc2ccccc2N1C(=O)COC(=O)C12CC3CC(CC(C3)C1)C2. The molecule has 0 saturated heterocycles. The number of hydrogen-bond acceptors (Lipinski definition) is 4. The van der Waals surface area contributed by atoms with Crippen LogP contribution in [0.5, 0.6) is 0 Å². The Balaban J connectivity index is 1.31. The smallest absolute Gasteiger partial charge is 0.312 e. The number of rotatable bonds is 3. The molecule has 5 aliphatic rings. The maximum Gasteiger partial charge on any atom is 0.312 e. The molecule has 6 nitrogen and oxygen atoms in total. The largest absolute Gasteiger partial charge is 0.455 e.